The molecule has 2 aromatic rings. The SMILES string of the molecule is Cc1cc(Br)c(NCC(O)c2ccccc2Cl)c(Br)c1. The lowest BCUT2D eigenvalue weighted by Crippen LogP contribution is -2.13. The van der Waals surface area contributed by atoms with Crippen molar-refractivity contribution in [1.29, 1.82) is 0 Å². The first kappa shape index (κ1) is 15.8. The normalized spacial score (nSPS) is 12.2. The summed E-state index contributed by atoms with van der Waals surface area (Å²) in [5.41, 5.74) is 2.80. The molecule has 20 heavy (non-hydrogen) atoms. The highest BCUT2D eigenvalue weighted by Gasteiger charge is 2.13. The first-order chi connectivity index (χ1) is 9.49. The maximum atomic E-state index is 10.2. The third-order valence-corrected chi connectivity index (χ3v) is 4.52. The van der Waals surface area contributed by atoms with Crippen molar-refractivity contribution in [2.75, 3.05) is 11.9 Å². The van der Waals surface area contributed by atoms with E-state index in [0.29, 0.717) is 11.6 Å². The van der Waals surface area contributed by atoms with Crippen molar-refractivity contribution in [3.63, 3.8) is 0 Å². The number of halogens is 3. The fourth-order valence-electron chi connectivity index (χ4n) is 1.92. The highest BCUT2D eigenvalue weighted by molar-refractivity contribution is 9.11. The van der Waals surface area contributed by atoms with E-state index in [9.17, 15) is 5.11 Å². The van der Waals surface area contributed by atoms with Gasteiger partial charge in [-0.2, -0.15) is 0 Å². The summed E-state index contributed by atoms with van der Waals surface area (Å²) >= 11 is 13.1. The summed E-state index contributed by atoms with van der Waals surface area (Å²) < 4.78 is 1.91. The Bertz CT molecular complexity index is 596. The molecule has 0 radical (unpaired) electrons. The number of hydrogen-bond acceptors (Lipinski definition) is 2. The topological polar surface area (TPSA) is 32.3 Å². The van der Waals surface area contributed by atoms with Gasteiger partial charge in [-0.3, -0.25) is 0 Å². The number of nitrogens with one attached hydrogen (secondary N) is 1. The van der Waals surface area contributed by atoms with Gasteiger partial charge in [-0.05, 0) is 62.5 Å². The van der Waals surface area contributed by atoms with Gasteiger partial charge in [-0.25, -0.2) is 0 Å². The van der Waals surface area contributed by atoms with Crippen LogP contribution < -0.4 is 5.32 Å². The zero-order chi connectivity index (χ0) is 14.7. The van der Waals surface area contributed by atoms with E-state index < -0.39 is 6.10 Å². The molecule has 0 aliphatic carbocycles. The molecule has 0 saturated heterocycles. The van der Waals surface area contributed by atoms with Crippen LogP contribution >= 0.6 is 43.5 Å². The number of aryl methyl sites for hydroxylation is 1. The standard InChI is InChI=1S/C15H14Br2ClNO/c1-9-6-11(16)15(12(17)7-9)19-8-14(20)10-4-2-3-5-13(10)18/h2-7,14,19-20H,8H2,1H3. The molecule has 2 nitrogen and oxygen atoms in total. The van der Waals surface area contributed by atoms with E-state index in [1.54, 1.807) is 6.07 Å². The maximum absolute atomic E-state index is 10.2. The highest BCUT2D eigenvalue weighted by Crippen LogP contribution is 2.33. The quantitative estimate of drug-likeness (QED) is 0.703. The Balaban J connectivity index is 2.12. The molecule has 106 valence electrons. The van der Waals surface area contributed by atoms with Crippen LogP contribution in [0.3, 0.4) is 0 Å². The first-order valence-corrected chi connectivity index (χ1v) is 8.07. The number of hydrogen-bond donors (Lipinski definition) is 2. The number of benzene rings is 2. The summed E-state index contributed by atoms with van der Waals surface area (Å²) in [6, 6.07) is 11.4. The fraction of sp³-hybridized carbons (Fsp3) is 0.200. The average Bonchev–Trinajstić information content (AvgIpc) is 2.37. The van der Waals surface area contributed by atoms with E-state index in [-0.39, 0.29) is 0 Å². The van der Waals surface area contributed by atoms with Gasteiger partial charge in [0.25, 0.3) is 0 Å². The molecule has 0 fully saturated rings. The third-order valence-electron chi connectivity index (χ3n) is 2.92. The van der Waals surface area contributed by atoms with Gasteiger partial charge in [-0.15, -0.1) is 0 Å². The number of anilines is 1. The van der Waals surface area contributed by atoms with Gasteiger partial charge in [0.2, 0.25) is 0 Å². The Morgan fingerprint density at radius 1 is 1.20 bits per heavy atom. The van der Waals surface area contributed by atoms with E-state index >= 15 is 0 Å². The Morgan fingerprint density at radius 2 is 1.80 bits per heavy atom. The van der Waals surface area contributed by atoms with Crippen molar-refractivity contribution < 1.29 is 5.11 Å². The fourth-order valence-corrected chi connectivity index (χ4v) is 3.88. The minimum Gasteiger partial charge on any atom is -0.387 e. The van der Waals surface area contributed by atoms with Crippen LogP contribution in [0.1, 0.15) is 17.2 Å². The number of aliphatic hydroxyl groups is 1. The molecule has 5 heteroatoms. The van der Waals surface area contributed by atoms with Gasteiger partial charge < -0.3 is 10.4 Å². The van der Waals surface area contributed by atoms with Crippen LogP contribution in [0.4, 0.5) is 5.69 Å². The van der Waals surface area contributed by atoms with Crippen LogP contribution in [0, 0.1) is 6.92 Å². The van der Waals surface area contributed by atoms with Crippen molar-refractivity contribution >= 4 is 49.1 Å². The lowest BCUT2D eigenvalue weighted by Gasteiger charge is -2.16. The zero-order valence-electron chi connectivity index (χ0n) is 10.8. The number of aliphatic hydroxyl groups excluding tert-OH is 1. The largest absolute Gasteiger partial charge is 0.387 e. The van der Waals surface area contributed by atoms with Crippen molar-refractivity contribution in [3.05, 3.63) is 61.5 Å². The molecule has 0 bridgehead atoms. The Kier molecular flexibility index (Phi) is 5.49. The smallest absolute Gasteiger partial charge is 0.0976 e. The molecule has 0 saturated carbocycles. The molecular formula is C15H14Br2ClNO. The van der Waals surface area contributed by atoms with Crippen LogP contribution in [0.2, 0.25) is 5.02 Å². The van der Waals surface area contributed by atoms with E-state index in [2.05, 4.69) is 37.2 Å². The predicted molar refractivity (Wildman–Crippen MR) is 91.5 cm³/mol. The summed E-state index contributed by atoms with van der Waals surface area (Å²) in [6.07, 6.45) is -0.663. The number of rotatable bonds is 4. The van der Waals surface area contributed by atoms with Crippen LogP contribution in [0.25, 0.3) is 0 Å². The Labute approximate surface area is 140 Å². The summed E-state index contributed by atoms with van der Waals surface area (Å²) in [6.45, 7) is 2.40. The molecule has 0 aliphatic heterocycles. The van der Waals surface area contributed by atoms with Gasteiger partial charge in [0.05, 0.1) is 11.8 Å². The lowest BCUT2D eigenvalue weighted by atomic mass is 10.1. The summed E-state index contributed by atoms with van der Waals surface area (Å²) in [7, 11) is 0. The Morgan fingerprint density at radius 3 is 2.40 bits per heavy atom. The van der Waals surface area contributed by atoms with Crippen molar-refractivity contribution in [3.8, 4) is 0 Å². The van der Waals surface area contributed by atoms with Gasteiger partial charge >= 0.3 is 0 Å². The Hall–Kier alpha value is -0.550. The monoisotopic (exact) mass is 417 g/mol. The second kappa shape index (κ2) is 6.94. The third kappa shape index (κ3) is 3.76. The molecular weight excluding hydrogens is 405 g/mol. The molecule has 2 N–H and O–H groups in total. The molecule has 2 rings (SSSR count). The maximum Gasteiger partial charge on any atom is 0.0976 e. The van der Waals surface area contributed by atoms with Crippen LogP contribution in [-0.2, 0) is 0 Å². The molecule has 0 spiro atoms. The van der Waals surface area contributed by atoms with Crippen LogP contribution in [0.5, 0.6) is 0 Å². The minimum absolute atomic E-state index is 0.379. The summed E-state index contributed by atoms with van der Waals surface area (Å²) in [5, 5.41) is 14.0. The zero-order valence-corrected chi connectivity index (χ0v) is 14.8. The second-order valence-electron chi connectivity index (χ2n) is 4.52. The minimum atomic E-state index is -0.663. The average molecular weight is 420 g/mol. The first-order valence-electron chi connectivity index (χ1n) is 6.11. The predicted octanol–water partition coefficient (Wildman–Crippen LogP) is 5.32. The molecule has 1 unspecified atom stereocenters. The van der Waals surface area contributed by atoms with E-state index in [0.717, 1.165) is 25.8 Å². The van der Waals surface area contributed by atoms with Gasteiger partial charge in [0.1, 0.15) is 0 Å². The second-order valence-corrected chi connectivity index (χ2v) is 6.64. The molecule has 1 atom stereocenters. The molecule has 2 aromatic carbocycles. The molecule has 0 amide bonds. The lowest BCUT2D eigenvalue weighted by molar-refractivity contribution is 0.191. The van der Waals surface area contributed by atoms with Gasteiger partial charge in [-0.1, -0.05) is 29.8 Å². The van der Waals surface area contributed by atoms with Crippen LogP contribution in [0.15, 0.2) is 45.3 Å². The summed E-state index contributed by atoms with van der Waals surface area (Å²) in [4.78, 5) is 0. The van der Waals surface area contributed by atoms with Crippen molar-refractivity contribution in [2.24, 2.45) is 0 Å². The van der Waals surface area contributed by atoms with E-state index in [1.165, 1.54) is 0 Å². The van der Waals surface area contributed by atoms with E-state index in [1.807, 2.05) is 37.3 Å². The van der Waals surface area contributed by atoms with Gasteiger partial charge in [0.15, 0.2) is 0 Å². The molecule has 0 heterocycles. The molecule has 0 aliphatic rings. The van der Waals surface area contributed by atoms with E-state index in [4.69, 9.17) is 11.6 Å². The van der Waals surface area contributed by atoms with Crippen molar-refractivity contribution in [1.82, 2.24) is 0 Å². The summed E-state index contributed by atoms with van der Waals surface area (Å²) in [5.74, 6) is 0. The van der Waals surface area contributed by atoms with Gasteiger partial charge in [0, 0.05) is 26.1 Å². The highest BCUT2D eigenvalue weighted by atomic mass is 79.9. The van der Waals surface area contributed by atoms with Crippen LogP contribution in [-0.4, -0.2) is 11.7 Å². The molecule has 0 aromatic heterocycles. The van der Waals surface area contributed by atoms with Crippen molar-refractivity contribution in [2.45, 2.75) is 13.0 Å².